The summed E-state index contributed by atoms with van der Waals surface area (Å²) in [6, 6.07) is 3.26. The van der Waals surface area contributed by atoms with Crippen LogP contribution in [-0.4, -0.2) is 20.6 Å². The molecule has 21 heavy (non-hydrogen) atoms. The number of hydrogen-bond donors (Lipinski definition) is 1. The summed E-state index contributed by atoms with van der Waals surface area (Å²) in [6.07, 6.45) is 3.21. The van der Waals surface area contributed by atoms with E-state index in [0.717, 1.165) is 4.47 Å². The van der Waals surface area contributed by atoms with E-state index >= 15 is 0 Å². The zero-order chi connectivity index (χ0) is 15.6. The van der Waals surface area contributed by atoms with Crippen LogP contribution in [0.15, 0.2) is 35.1 Å². The van der Waals surface area contributed by atoms with Crippen molar-refractivity contribution in [3.63, 3.8) is 0 Å². The van der Waals surface area contributed by atoms with Gasteiger partial charge in [-0.25, -0.2) is 0 Å². The van der Waals surface area contributed by atoms with Crippen LogP contribution in [0.2, 0.25) is 5.02 Å². The fourth-order valence-corrected chi connectivity index (χ4v) is 2.07. The number of anilines is 1. The van der Waals surface area contributed by atoms with Crippen molar-refractivity contribution < 1.29 is 9.72 Å². The number of rotatable bonds is 4. The number of nitro groups is 1. The second kappa shape index (κ2) is 6.23. The number of aromatic nitrogens is 2. The average molecular weight is 374 g/mol. The maximum atomic E-state index is 12.1. The van der Waals surface area contributed by atoms with E-state index in [1.54, 1.807) is 19.3 Å². The van der Waals surface area contributed by atoms with Crippen LogP contribution in [0.3, 0.4) is 0 Å². The minimum atomic E-state index is -0.591. The first-order valence-corrected chi connectivity index (χ1v) is 7.00. The van der Waals surface area contributed by atoms with Crippen LogP contribution < -0.4 is 5.32 Å². The highest BCUT2D eigenvalue weighted by Crippen LogP contribution is 2.27. The van der Waals surface area contributed by atoms with E-state index in [9.17, 15) is 14.9 Å². The van der Waals surface area contributed by atoms with Crippen LogP contribution in [0.5, 0.6) is 0 Å². The number of nitrogens with one attached hydrogen (secondary N) is 1. The number of carbonyl (C=O) groups is 1. The summed E-state index contributed by atoms with van der Waals surface area (Å²) in [5, 5.41) is 17.5. The van der Waals surface area contributed by atoms with Crippen LogP contribution in [0.25, 0.3) is 0 Å². The molecule has 7 nitrogen and oxygen atoms in total. The van der Waals surface area contributed by atoms with Gasteiger partial charge in [-0.15, -0.1) is 0 Å². The molecule has 0 spiro atoms. The molecule has 0 bridgehead atoms. The second-order valence-corrected chi connectivity index (χ2v) is 5.55. The van der Waals surface area contributed by atoms with Gasteiger partial charge in [0, 0.05) is 18.3 Å². The molecule has 1 amide bonds. The molecule has 0 fully saturated rings. The van der Waals surface area contributed by atoms with Crippen LogP contribution >= 0.6 is 27.5 Å². The smallest absolute Gasteiger partial charge is 0.271 e. The minimum Gasteiger partial charge on any atom is -0.323 e. The fraction of sp³-hybridized carbons (Fsp3) is 0.167. The van der Waals surface area contributed by atoms with Crippen molar-refractivity contribution in [1.29, 1.82) is 0 Å². The van der Waals surface area contributed by atoms with Gasteiger partial charge in [0.2, 0.25) is 5.91 Å². The highest BCUT2D eigenvalue weighted by molar-refractivity contribution is 9.10. The monoisotopic (exact) mass is 372 g/mol. The zero-order valence-corrected chi connectivity index (χ0v) is 13.1. The Bertz CT molecular complexity index is 704. The van der Waals surface area contributed by atoms with Gasteiger partial charge in [0.1, 0.15) is 6.04 Å². The third kappa shape index (κ3) is 3.59. The lowest BCUT2D eigenvalue weighted by molar-refractivity contribution is -0.384. The van der Waals surface area contributed by atoms with E-state index in [2.05, 4.69) is 26.3 Å². The zero-order valence-electron chi connectivity index (χ0n) is 10.8. The Morgan fingerprint density at radius 3 is 2.86 bits per heavy atom. The van der Waals surface area contributed by atoms with Crippen LogP contribution in [0, 0.1) is 10.1 Å². The van der Waals surface area contributed by atoms with E-state index in [0.29, 0.717) is 0 Å². The number of amides is 1. The molecule has 1 unspecified atom stereocenters. The molecular weight excluding hydrogens is 364 g/mol. The molecule has 2 aromatic rings. The summed E-state index contributed by atoms with van der Waals surface area (Å²) in [7, 11) is 0. The molecule has 9 heteroatoms. The van der Waals surface area contributed by atoms with Crippen molar-refractivity contribution in [2.45, 2.75) is 13.0 Å². The summed E-state index contributed by atoms with van der Waals surface area (Å²) >= 11 is 9.17. The first-order chi connectivity index (χ1) is 9.88. The molecule has 0 aliphatic heterocycles. The maximum absolute atomic E-state index is 12.1. The SMILES string of the molecule is CC(C(=O)Nc1cc([N+](=O)[O-])ccc1Cl)n1cc(Br)cn1. The van der Waals surface area contributed by atoms with E-state index in [-0.39, 0.29) is 22.3 Å². The fourth-order valence-electron chi connectivity index (χ4n) is 1.61. The lowest BCUT2D eigenvalue weighted by atomic mass is 10.2. The Hall–Kier alpha value is -1.93. The third-order valence-electron chi connectivity index (χ3n) is 2.76. The number of halogens is 2. The molecule has 110 valence electrons. The van der Waals surface area contributed by atoms with Crippen molar-refractivity contribution in [3.8, 4) is 0 Å². The van der Waals surface area contributed by atoms with Gasteiger partial charge in [0.05, 0.1) is 26.3 Å². The largest absolute Gasteiger partial charge is 0.323 e. The predicted octanol–water partition coefficient (Wildman–Crippen LogP) is 3.41. The van der Waals surface area contributed by atoms with Gasteiger partial charge in [-0.1, -0.05) is 11.6 Å². The van der Waals surface area contributed by atoms with Crippen molar-refractivity contribution in [1.82, 2.24) is 9.78 Å². The van der Waals surface area contributed by atoms with Gasteiger partial charge in [0.15, 0.2) is 0 Å². The van der Waals surface area contributed by atoms with Crippen LogP contribution in [0.1, 0.15) is 13.0 Å². The summed E-state index contributed by atoms with van der Waals surface area (Å²) < 4.78 is 2.21. The number of nitro benzene ring substituents is 1. The molecule has 1 atom stereocenters. The van der Waals surface area contributed by atoms with Gasteiger partial charge in [-0.3, -0.25) is 19.6 Å². The van der Waals surface area contributed by atoms with Crippen molar-refractivity contribution in [3.05, 3.63) is 50.2 Å². The van der Waals surface area contributed by atoms with Crippen LogP contribution in [0.4, 0.5) is 11.4 Å². The van der Waals surface area contributed by atoms with E-state index in [1.807, 2.05) is 0 Å². The highest BCUT2D eigenvalue weighted by atomic mass is 79.9. The number of non-ortho nitro benzene ring substituents is 1. The number of benzene rings is 1. The molecule has 0 radical (unpaired) electrons. The lowest BCUT2D eigenvalue weighted by Crippen LogP contribution is -2.24. The van der Waals surface area contributed by atoms with E-state index < -0.39 is 11.0 Å². The number of nitrogens with zero attached hydrogens (tertiary/aromatic N) is 3. The Labute approximate surface area is 133 Å². The summed E-state index contributed by atoms with van der Waals surface area (Å²) in [6.45, 7) is 1.65. The Balaban J connectivity index is 2.19. The van der Waals surface area contributed by atoms with Gasteiger partial charge in [0.25, 0.3) is 5.69 Å². The lowest BCUT2D eigenvalue weighted by Gasteiger charge is -2.13. The van der Waals surface area contributed by atoms with Gasteiger partial charge in [-0.05, 0) is 28.9 Å². The van der Waals surface area contributed by atoms with Crippen molar-refractivity contribution >= 4 is 44.8 Å². The quantitative estimate of drug-likeness (QED) is 0.657. The molecule has 1 N–H and O–H groups in total. The molecule has 0 saturated heterocycles. The van der Waals surface area contributed by atoms with E-state index in [1.165, 1.54) is 22.9 Å². The molecule has 0 aliphatic carbocycles. The summed E-state index contributed by atoms with van der Waals surface area (Å²) in [5.41, 5.74) is 0.0399. The first kappa shape index (κ1) is 15.5. The normalized spacial score (nSPS) is 12.0. The summed E-state index contributed by atoms with van der Waals surface area (Å²) in [5.74, 6) is -0.381. The molecule has 1 heterocycles. The Kier molecular flexibility index (Phi) is 4.59. The van der Waals surface area contributed by atoms with Crippen molar-refractivity contribution in [2.24, 2.45) is 0 Å². The highest BCUT2D eigenvalue weighted by Gasteiger charge is 2.18. The van der Waals surface area contributed by atoms with Crippen LogP contribution in [-0.2, 0) is 4.79 Å². The van der Waals surface area contributed by atoms with Gasteiger partial charge >= 0.3 is 0 Å². The molecular formula is C12H10BrClN4O3. The molecule has 1 aromatic heterocycles. The maximum Gasteiger partial charge on any atom is 0.271 e. The molecule has 0 aliphatic rings. The topological polar surface area (TPSA) is 90.1 Å². The van der Waals surface area contributed by atoms with Gasteiger partial charge < -0.3 is 5.32 Å². The van der Waals surface area contributed by atoms with Crippen molar-refractivity contribution in [2.75, 3.05) is 5.32 Å². The Morgan fingerprint density at radius 2 is 2.29 bits per heavy atom. The predicted molar refractivity (Wildman–Crippen MR) is 81.4 cm³/mol. The molecule has 1 aromatic carbocycles. The average Bonchev–Trinajstić information content (AvgIpc) is 2.86. The second-order valence-electron chi connectivity index (χ2n) is 4.23. The van der Waals surface area contributed by atoms with E-state index in [4.69, 9.17) is 11.6 Å². The standard InChI is InChI=1S/C12H10BrClN4O3/c1-7(17-6-8(13)5-15-17)12(19)16-11-4-9(18(20)21)2-3-10(11)14/h2-7H,1H3,(H,16,19). The summed E-state index contributed by atoms with van der Waals surface area (Å²) in [4.78, 5) is 22.3. The van der Waals surface area contributed by atoms with Gasteiger partial charge in [-0.2, -0.15) is 5.10 Å². The molecule has 0 saturated carbocycles. The Morgan fingerprint density at radius 1 is 1.57 bits per heavy atom. The number of carbonyl (C=O) groups excluding carboxylic acids is 1. The third-order valence-corrected chi connectivity index (χ3v) is 3.50. The first-order valence-electron chi connectivity index (χ1n) is 5.83. The number of hydrogen-bond acceptors (Lipinski definition) is 4. The minimum absolute atomic E-state index is 0.149. The molecule has 2 rings (SSSR count).